The van der Waals surface area contributed by atoms with E-state index in [0.29, 0.717) is 6.54 Å². The van der Waals surface area contributed by atoms with Crippen LogP contribution in [0, 0.1) is 0 Å². The lowest BCUT2D eigenvalue weighted by molar-refractivity contribution is -0.123. The van der Waals surface area contributed by atoms with Crippen LogP contribution >= 0.6 is 36.4 Å². The first-order valence-electron chi connectivity index (χ1n) is 7.57. The number of benzene rings is 1. The number of hydrogen-bond acceptors (Lipinski definition) is 3. The minimum Gasteiger partial charge on any atom is -0.353 e. The van der Waals surface area contributed by atoms with E-state index in [4.69, 9.17) is 17.3 Å². The van der Waals surface area contributed by atoms with Crippen LogP contribution in [0.2, 0.25) is 5.02 Å². The Labute approximate surface area is 155 Å². The van der Waals surface area contributed by atoms with Crippen molar-refractivity contribution in [2.45, 2.75) is 38.3 Å². The molecular weight excluding hydrogens is 357 g/mol. The van der Waals surface area contributed by atoms with E-state index in [0.717, 1.165) is 36.5 Å². The molecule has 0 saturated heterocycles. The van der Waals surface area contributed by atoms with Gasteiger partial charge in [0, 0.05) is 11.6 Å². The first-order chi connectivity index (χ1) is 10.0. The summed E-state index contributed by atoms with van der Waals surface area (Å²) >= 11 is 6.33. The third-order valence-corrected chi connectivity index (χ3v) is 4.56. The maximum Gasteiger partial charge on any atom is 0.240 e. The Morgan fingerprint density at radius 2 is 1.87 bits per heavy atom. The van der Waals surface area contributed by atoms with Crippen molar-refractivity contribution in [2.24, 2.45) is 5.73 Å². The molecular formula is C16H26Cl3N3O. The number of amides is 1. The summed E-state index contributed by atoms with van der Waals surface area (Å²) in [6, 6.07) is 7.88. The van der Waals surface area contributed by atoms with Crippen LogP contribution in [0.4, 0.5) is 0 Å². The van der Waals surface area contributed by atoms with Gasteiger partial charge in [0.1, 0.15) is 0 Å². The number of hydrogen-bond donors (Lipinski definition) is 2. The van der Waals surface area contributed by atoms with Gasteiger partial charge in [0.05, 0.1) is 11.6 Å². The van der Waals surface area contributed by atoms with Gasteiger partial charge in [0.25, 0.3) is 0 Å². The first kappa shape index (κ1) is 22.5. The number of carbonyl (C=O) groups excluding carboxylic acids is 1. The summed E-state index contributed by atoms with van der Waals surface area (Å²) < 4.78 is 0. The van der Waals surface area contributed by atoms with E-state index < -0.39 is 5.54 Å². The molecule has 4 nitrogen and oxygen atoms in total. The van der Waals surface area contributed by atoms with Gasteiger partial charge in [0.2, 0.25) is 5.91 Å². The highest BCUT2D eigenvalue weighted by Gasteiger charge is 2.46. The molecule has 1 aromatic carbocycles. The van der Waals surface area contributed by atoms with E-state index in [1.165, 1.54) is 0 Å². The second-order valence-electron chi connectivity index (χ2n) is 5.62. The molecule has 0 aromatic heterocycles. The van der Waals surface area contributed by atoms with Crippen LogP contribution in [0.25, 0.3) is 0 Å². The Morgan fingerprint density at radius 1 is 1.30 bits per heavy atom. The van der Waals surface area contributed by atoms with Gasteiger partial charge in [-0.1, -0.05) is 43.6 Å². The average Bonchev–Trinajstić information content (AvgIpc) is 3.23. The van der Waals surface area contributed by atoms with Crippen molar-refractivity contribution in [1.29, 1.82) is 0 Å². The molecule has 1 amide bonds. The molecule has 1 saturated carbocycles. The molecule has 0 heterocycles. The number of carbonyl (C=O) groups is 1. The topological polar surface area (TPSA) is 58.4 Å². The largest absolute Gasteiger partial charge is 0.353 e. The highest BCUT2D eigenvalue weighted by Crippen LogP contribution is 2.33. The SMILES string of the molecule is CCN(CC)C(CNC(=O)C1(N)CC1)c1ccccc1Cl.Cl.Cl. The summed E-state index contributed by atoms with van der Waals surface area (Å²) in [5, 5.41) is 3.73. The first-order valence-corrected chi connectivity index (χ1v) is 7.95. The van der Waals surface area contributed by atoms with Crippen LogP contribution in [0.5, 0.6) is 0 Å². The van der Waals surface area contributed by atoms with E-state index in [-0.39, 0.29) is 36.8 Å². The lowest BCUT2D eigenvalue weighted by Gasteiger charge is -2.31. The van der Waals surface area contributed by atoms with Crippen molar-refractivity contribution < 1.29 is 4.79 Å². The van der Waals surface area contributed by atoms with Crippen LogP contribution in [0.15, 0.2) is 24.3 Å². The summed E-state index contributed by atoms with van der Waals surface area (Å²) in [5.74, 6) is -0.0493. The van der Waals surface area contributed by atoms with Crippen LogP contribution in [0.1, 0.15) is 38.3 Å². The summed E-state index contributed by atoms with van der Waals surface area (Å²) in [6.07, 6.45) is 1.56. The number of rotatable bonds is 7. The van der Waals surface area contributed by atoms with Crippen molar-refractivity contribution in [2.75, 3.05) is 19.6 Å². The van der Waals surface area contributed by atoms with Crippen molar-refractivity contribution in [3.05, 3.63) is 34.9 Å². The molecule has 132 valence electrons. The van der Waals surface area contributed by atoms with E-state index in [1.807, 2.05) is 24.3 Å². The molecule has 0 spiro atoms. The molecule has 0 radical (unpaired) electrons. The summed E-state index contributed by atoms with van der Waals surface area (Å²) in [6.45, 7) is 6.55. The fourth-order valence-corrected chi connectivity index (χ4v) is 2.83. The predicted octanol–water partition coefficient (Wildman–Crippen LogP) is 3.17. The van der Waals surface area contributed by atoms with Gasteiger partial charge < -0.3 is 11.1 Å². The Hall–Kier alpha value is -0.520. The maximum absolute atomic E-state index is 12.1. The fourth-order valence-electron chi connectivity index (χ4n) is 2.57. The van der Waals surface area contributed by atoms with E-state index in [1.54, 1.807) is 0 Å². The summed E-state index contributed by atoms with van der Waals surface area (Å²) in [4.78, 5) is 14.3. The van der Waals surface area contributed by atoms with Gasteiger partial charge in [-0.3, -0.25) is 9.69 Å². The van der Waals surface area contributed by atoms with Gasteiger partial charge in [0.15, 0.2) is 0 Å². The molecule has 2 rings (SSSR count). The van der Waals surface area contributed by atoms with Crippen LogP contribution in [0.3, 0.4) is 0 Å². The van der Waals surface area contributed by atoms with Crippen LogP contribution < -0.4 is 11.1 Å². The zero-order chi connectivity index (χ0) is 15.5. The molecule has 0 aliphatic heterocycles. The Bertz CT molecular complexity index is 505. The molecule has 0 bridgehead atoms. The standard InChI is InChI=1S/C16H24ClN3O.2ClH/c1-3-20(4-2)14(12-7-5-6-8-13(12)17)11-19-15(21)16(18)9-10-16;;/h5-8,14H,3-4,9-11,18H2,1-2H3,(H,19,21);2*1H. The Balaban J connectivity index is 0.00000242. The summed E-state index contributed by atoms with van der Waals surface area (Å²) in [7, 11) is 0. The minimum atomic E-state index is -0.631. The van der Waals surface area contributed by atoms with Gasteiger partial charge in [-0.15, -0.1) is 24.8 Å². The number of likely N-dealkylation sites (N-methyl/N-ethyl adjacent to an activating group) is 1. The monoisotopic (exact) mass is 381 g/mol. The molecule has 7 heteroatoms. The highest BCUT2D eigenvalue weighted by molar-refractivity contribution is 6.31. The van der Waals surface area contributed by atoms with Gasteiger partial charge in [-0.2, -0.15) is 0 Å². The number of nitrogens with zero attached hydrogens (tertiary/aromatic N) is 1. The molecule has 1 aliphatic carbocycles. The normalized spacial score (nSPS) is 16.0. The lowest BCUT2D eigenvalue weighted by atomic mass is 10.0. The number of halogens is 3. The maximum atomic E-state index is 12.1. The Morgan fingerprint density at radius 3 is 2.35 bits per heavy atom. The molecule has 3 N–H and O–H groups in total. The van der Waals surface area contributed by atoms with Gasteiger partial charge >= 0.3 is 0 Å². The zero-order valence-corrected chi connectivity index (χ0v) is 15.9. The van der Waals surface area contributed by atoms with Gasteiger partial charge in [-0.25, -0.2) is 0 Å². The average molecular weight is 383 g/mol. The molecule has 1 aromatic rings. The van der Waals surface area contributed by atoms with Crippen molar-refractivity contribution in [1.82, 2.24) is 10.2 Å². The molecule has 1 unspecified atom stereocenters. The minimum absolute atomic E-state index is 0. The molecule has 1 atom stereocenters. The van der Waals surface area contributed by atoms with Crippen LogP contribution in [-0.4, -0.2) is 36.0 Å². The van der Waals surface area contributed by atoms with Crippen LogP contribution in [-0.2, 0) is 4.79 Å². The number of nitrogens with two attached hydrogens (primary N) is 1. The third-order valence-electron chi connectivity index (χ3n) is 4.21. The van der Waals surface area contributed by atoms with E-state index in [9.17, 15) is 4.79 Å². The second-order valence-corrected chi connectivity index (χ2v) is 6.03. The Kier molecular flexibility index (Phi) is 9.48. The molecule has 1 fully saturated rings. The molecule has 1 aliphatic rings. The number of nitrogens with one attached hydrogen (secondary N) is 1. The van der Waals surface area contributed by atoms with Crippen molar-refractivity contribution in [3.63, 3.8) is 0 Å². The lowest BCUT2D eigenvalue weighted by Crippen LogP contribution is -2.46. The smallest absolute Gasteiger partial charge is 0.240 e. The molecule has 23 heavy (non-hydrogen) atoms. The van der Waals surface area contributed by atoms with E-state index >= 15 is 0 Å². The van der Waals surface area contributed by atoms with Crippen molar-refractivity contribution >= 4 is 42.3 Å². The quantitative estimate of drug-likeness (QED) is 0.761. The van der Waals surface area contributed by atoms with Crippen molar-refractivity contribution in [3.8, 4) is 0 Å². The zero-order valence-electron chi connectivity index (χ0n) is 13.5. The predicted molar refractivity (Wildman–Crippen MR) is 101 cm³/mol. The summed E-state index contributed by atoms with van der Waals surface area (Å²) in [5.41, 5.74) is 6.35. The van der Waals surface area contributed by atoms with Gasteiger partial charge in [-0.05, 0) is 37.6 Å². The third kappa shape index (κ3) is 5.50. The highest BCUT2D eigenvalue weighted by atomic mass is 35.5. The second kappa shape index (κ2) is 9.70. The fraction of sp³-hybridized carbons (Fsp3) is 0.562. The van der Waals surface area contributed by atoms with E-state index in [2.05, 4.69) is 24.1 Å².